The molecule has 1 aliphatic rings. The summed E-state index contributed by atoms with van der Waals surface area (Å²) in [6.45, 7) is 5.50. The van der Waals surface area contributed by atoms with Crippen LogP contribution in [0.3, 0.4) is 0 Å². The monoisotopic (exact) mass is 289 g/mol. The zero-order valence-corrected chi connectivity index (χ0v) is 14.0. The molecule has 1 aromatic rings. The lowest BCUT2D eigenvalue weighted by Gasteiger charge is -2.29. The van der Waals surface area contributed by atoms with Crippen molar-refractivity contribution in [2.75, 3.05) is 13.7 Å². The van der Waals surface area contributed by atoms with Gasteiger partial charge in [-0.1, -0.05) is 50.3 Å². The van der Waals surface area contributed by atoms with Crippen LogP contribution < -0.4 is 10.1 Å². The predicted octanol–water partition coefficient (Wildman–Crippen LogP) is 5.01. The number of hydrogen-bond acceptors (Lipinski definition) is 2. The van der Waals surface area contributed by atoms with E-state index in [-0.39, 0.29) is 0 Å². The second-order valence-corrected chi connectivity index (χ2v) is 6.43. The minimum Gasteiger partial charge on any atom is -0.496 e. The van der Waals surface area contributed by atoms with Crippen molar-refractivity contribution in [3.63, 3.8) is 0 Å². The molecular weight excluding hydrogens is 258 g/mol. The van der Waals surface area contributed by atoms with Gasteiger partial charge in [0.1, 0.15) is 5.75 Å². The topological polar surface area (TPSA) is 21.3 Å². The average molecular weight is 289 g/mol. The van der Waals surface area contributed by atoms with Crippen molar-refractivity contribution in [2.45, 2.75) is 64.8 Å². The molecule has 0 radical (unpaired) electrons. The van der Waals surface area contributed by atoms with Gasteiger partial charge in [0.2, 0.25) is 0 Å². The Kier molecular flexibility index (Phi) is 6.56. The third-order valence-electron chi connectivity index (χ3n) is 4.71. The molecule has 1 fully saturated rings. The normalized spacial score (nSPS) is 18.2. The zero-order valence-electron chi connectivity index (χ0n) is 14.0. The summed E-state index contributed by atoms with van der Waals surface area (Å²) in [5, 5.41) is 3.81. The van der Waals surface area contributed by atoms with E-state index in [1.807, 2.05) is 0 Å². The fourth-order valence-corrected chi connectivity index (χ4v) is 3.57. The molecule has 1 saturated carbocycles. The molecule has 0 bridgehead atoms. The SMILES string of the molecule is CCCNC(c1cc(C)ccc1OC)C1CCCCCC1. The van der Waals surface area contributed by atoms with Crippen LogP contribution >= 0.6 is 0 Å². The van der Waals surface area contributed by atoms with E-state index in [0.29, 0.717) is 6.04 Å². The standard InChI is InChI=1S/C19H31NO/c1-4-13-20-19(16-9-7-5-6-8-10-16)17-14-15(2)11-12-18(17)21-3/h11-12,14,16,19-20H,4-10,13H2,1-3H3. The number of benzene rings is 1. The predicted molar refractivity (Wildman–Crippen MR) is 90.0 cm³/mol. The number of hydrogen-bond donors (Lipinski definition) is 1. The number of ether oxygens (including phenoxy) is 1. The molecule has 1 N–H and O–H groups in total. The molecule has 2 nitrogen and oxygen atoms in total. The van der Waals surface area contributed by atoms with Gasteiger partial charge in [0.15, 0.2) is 0 Å². The van der Waals surface area contributed by atoms with E-state index >= 15 is 0 Å². The van der Waals surface area contributed by atoms with Gasteiger partial charge in [0.25, 0.3) is 0 Å². The summed E-state index contributed by atoms with van der Waals surface area (Å²) >= 11 is 0. The van der Waals surface area contributed by atoms with E-state index in [9.17, 15) is 0 Å². The van der Waals surface area contributed by atoms with Gasteiger partial charge < -0.3 is 10.1 Å². The molecule has 1 aromatic carbocycles. The van der Waals surface area contributed by atoms with Crippen LogP contribution in [0.5, 0.6) is 5.75 Å². The second kappa shape index (κ2) is 8.43. The highest BCUT2D eigenvalue weighted by molar-refractivity contribution is 5.39. The Morgan fingerprint density at radius 2 is 1.90 bits per heavy atom. The quantitative estimate of drug-likeness (QED) is 0.743. The molecule has 1 aliphatic carbocycles. The first kappa shape index (κ1) is 16.4. The second-order valence-electron chi connectivity index (χ2n) is 6.43. The van der Waals surface area contributed by atoms with E-state index in [2.05, 4.69) is 37.4 Å². The molecule has 0 saturated heterocycles. The first-order valence-corrected chi connectivity index (χ1v) is 8.64. The van der Waals surface area contributed by atoms with Crippen molar-refractivity contribution in [3.05, 3.63) is 29.3 Å². The Labute approximate surface area is 130 Å². The van der Waals surface area contributed by atoms with E-state index in [1.165, 1.54) is 56.1 Å². The third kappa shape index (κ3) is 4.47. The van der Waals surface area contributed by atoms with Crippen LogP contribution in [0.4, 0.5) is 0 Å². The van der Waals surface area contributed by atoms with Gasteiger partial charge in [-0.25, -0.2) is 0 Å². The van der Waals surface area contributed by atoms with Crippen LogP contribution in [-0.2, 0) is 0 Å². The van der Waals surface area contributed by atoms with Crippen LogP contribution in [0.2, 0.25) is 0 Å². The maximum Gasteiger partial charge on any atom is 0.123 e. The molecule has 2 heteroatoms. The molecule has 1 atom stereocenters. The van der Waals surface area contributed by atoms with Gasteiger partial charge in [-0.2, -0.15) is 0 Å². The van der Waals surface area contributed by atoms with Gasteiger partial charge in [-0.3, -0.25) is 0 Å². The highest BCUT2D eigenvalue weighted by atomic mass is 16.5. The number of rotatable bonds is 6. The fraction of sp³-hybridized carbons (Fsp3) is 0.684. The number of methoxy groups -OCH3 is 1. The van der Waals surface area contributed by atoms with Crippen molar-refractivity contribution >= 4 is 0 Å². The summed E-state index contributed by atoms with van der Waals surface area (Å²) in [5.41, 5.74) is 2.68. The molecular formula is C19H31NO. The zero-order chi connectivity index (χ0) is 15.1. The minimum absolute atomic E-state index is 0.442. The van der Waals surface area contributed by atoms with Crippen LogP contribution in [0.25, 0.3) is 0 Å². The largest absolute Gasteiger partial charge is 0.496 e. The lowest BCUT2D eigenvalue weighted by molar-refractivity contribution is 0.313. The van der Waals surface area contributed by atoms with Crippen molar-refractivity contribution in [1.29, 1.82) is 0 Å². The Bertz CT molecular complexity index is 422. The summed E-state index contributed by atoms with van der Waals surface area (Å²) in [6.07, 6.45) is 9.43. The molecule has 0 aromatic heterocycles. The highest BCUT2D eigenvalue weighted by Gasteiger charge is 2.26. The van der Waals surface area contributed by atoms with Crippen molar-refractivity contribution in [1.82, 2.24) is 5.32 Å². The van der Waals surface area contributed by atoms with Gasteiger partial charge in [-0.15, -0.1) is 0 Å². The van der Waals surface area contributed by atoms with Gasteiger partial charge >= 0.3 is 0 Å². The van der Waals surface area contributed by atoms with Gasteiger partial charge in [0, 0.05) is 11.6 Å². The summed E-state index contributed by atoms with van der Waals surface area (Å²) < 4.78 is 5.64. The highest BCUT2D eigenvalue weighted by Crippen LogP contribution is 2.37. The van der Waals surface area contributed by atoms with Crippen molar-refractivity contribution in [3.8, 4) is 5.75 Å². The summed E-state index contributed by atoms with van der Waals surface area (Å²) in [4.78, 5) is 0. The Hall–Kier alpha value is -1.02. The molecule has 0 amide bonds. The Balaban J connectivity index is 2.27. The maximum atomic E-state index is 5.64. The molecule has 0 spiro atoms. The smallest absolute Gasteiger partial charge is 0.123 e. The summed E-state index contributed by atoms with van der Waals surface area (Å²) in [7, 11) is 1.79. The van der Waals surface area contributed by atoms with Crippen LogP contribution in [0.1, 0.15) is 69.0 Å². The number of aryl methyl sites for hydroxylation is 1. The van der Waals surface area contributed by atoms with E-state index in [4.69, 9.17) is 4.74 Å². The lowest BCUT2D eigenvalue weighted by Crippen LogP contribution is -2.29. The molecule has 2 rings (SSSR count). The Morgan fingerprint density at radius 3 is 2.52 bits per heavy atom. The molecule has 21 heavy (non-hydrogen) atoms. The molecule has 118 valence electrons. The van der Waals surface area contributed by atoms with Gasteiger partial charge in [-0.05, 0) is 44.7 Å². The lowest BCUT2D eigenvalue weighted by atomic mass is 9.86. The van der Waals surface area contributed by atoms with E-state index in [0.717, 1.165) is 18.2 Å². The maximum absolute atomic E-state index is 5.64. The fourth-order valence-electron chi connectivity index (χ4n) is 3.57. The average Bonchev–Trinajstić information content (AvgIpc) is 2.77. The number of nitrogens with one attached hydrogen (secondary N) is 1. The molecule has 0 aliphatic heterocycles. The van der Waals surface area contributed by atoms with Crippen LogP contribution in [0.15, 0.2) is 18.2 Å². The van der Waals surface area contributed by atoms with Crippen LogP contribution in [-0.4, -0.2) is 13.7 Å². The van der Waals surface area contributed by atoms with Gasteiger partial charge in [0.05, 0.1) is 7.11 Å². The summed E-state index contributed by atoms with van der Waals surface area (Å²) in [6, 6.07) is 7.03. The van der Waals surface area contributed by atoms with Crippen molar-refractivity contribution in [2.24, 2.45) is 5.92 Å². The van der Waals surface area contributed by atoms with E-state index < -0.39 is 0 Å². The van der Waals surface area contributed by atoms with E-state index in [1.54, 1.807) is 7.11 Å². The molecule has 1 unspecified atom stereocenters. The Morgan fingerprint density at radius 1 is 1.19 bits per heavy atom. The first-order chi connectivity index (χ1) is 10.3. The minimum atomic E-state index is 0.442. The van der Waals surface area contributed by atoms with Crippen LogP contribution in [0, 0.1) is 12.8 Å². The summed E-state index contributed by atoms with van der Waals surface area (Å²) in [5.74, 6) is 1.79. The third-order valence-corrected chi connectivity index (χ3v) is 4.71. The van der Waals surface area contributed by atoms with Crippen molar-refractivity contribution < 1.29 is 4.74 Å². The first-order valence-electron chi connectivity index (χ1n) is 8.64. The molecule has 0 heterocycles.